The Morgan fingerprint density at radius 3 is 2.64 bits per heavy atom. The number of ether oxygens (including phenoxy) is 1. The fourth-order valence-corrected chi connectivity index (χ4v) is 3.81. The first-order valence-electron chi connectivity index (χ1n) is 8.91. The smallest absolute Gasteiger partial charge is 0.289 e. The van der Waals surface area contributed by atoms with Gasteiger partial charge in [-0.05, 0) is 31.8 Å². The Labute approximate surface area is 147 Å². The number of amides is 1. The molecule has 2 saturated heterocycles. The van der Waals surface area contributed by atoms with Crippen LogP contribution in [0.4, 0.5) is 0 Å². The van der Waals surface area contributed by atoms with Crippen molar-refractivity contribution >= 4 is 5.91 Å². The number of rotatable bonds is 5. The highest BCUT2D eigenvalue weighted by Crippen LogP contribution is 2.26. The van der Waals surface area contributed by atoms with E-state index in [1.54, 1.807) is 4.90 Å². The van der Waals surface area contributed by atoms with Crippen LogP contribution in [0, 0.1) is 11.8 Å². The second-order valence-corrected chi connectivity index (χ2v) is 6.95. The van der Waals surface area contributed by atoms with Crippen LogP contribution in [0.5, 0.6) is 5.75 Å². The van der Waals surface area contributed by atoms with E-state index in [1.807, 2.05) is 0 Å². The summed E-state index contributed by atoms with van der Waals surface area (Å²) < 4.78 is 10.1. The average molecular weight is 350 g/mol. The molecule has 3 rings (SSSR count). The molecule has 2 fully saturated rings. The SMILES string of the molecule is COc1coc(C(=O)N2C[C@@H](CN3CCCCC3)[C@@H](CO)C2)cc1=O. The molecule has 7 nitrogen and oxygen atoms in total. The second kappa shape index (κ2) is 8.01. The van der Waals surface area contributed by atoms with Gasteiger partial charge in [0.25, 0.3) is 5.91 Å². The maximum absolute atomic E-state index is 12.7. The van der Waals surface area contributed by atoms with Crippen LogP contribution < -0.4 is 10.2 Å². The molecular formula is C18H26N2O5. The summed E-state index contributed by atoms with van der Waals surface area (Å²) in [5, 5.41) is 9.70. The van der Waals surface area contributed by atoms with E-state index in [0.717, 1.165) is 19.6 Å². The zero-order chi connectivity index (χ0) is 17.8. The lowest BCUT2D eigenvalue weighted by atomic mass is 9.95. The zero-order valence-electron chi connectivity index (χ0n) is 14.6. The summed E-state index contributed by atoms with van der Waals surface area (Å²) in [5.74, 6) is 0.0995. The first kappa shape index (κ1) is 17.9. The highest BCUT2D eigenvalue weighted by molar-refractivity contribution is 5.91. The van der Waals surface area contributed by atoms with Gasteiger partial charge in [0.1, 0.15) is 6.26 Å². The first-order chi connectivity index (χ1) is 12.1. The standard InChI is InChI=1S/C18H26N2O5/c1-24-17-12-25-16(7-15(17)22)18(23)20-9-13(14(10-20)11-21)8-19-5-3-2-4-6-19/h7,12-14,21H,2-6,8-11H2,1H3/t13-,14-/m1/s1. The third-order valence-electron chi connectivity index (χ3n) is 5.27. The lowest BCUT2D eigenvalue weighted by Crippen LogP contribution is -2.37. The Morgan fingerprint density at radius 2 is 2.00 bits per heavy atom. The molecule has 0 spiro atoms. The normalized spacial score (nSPS) is 24.5. The number of carbonyl (C=O) groups excluding carboxylic acids is 1. The van der Waals surface area contributed by atoms with Crippen molar-refractivity contribution in [1.29, 1.82) is 0 Å². The van der Waals surface area contributed by atoms with Gasteiger partial charge in [-0.25, -0.2) is 0 Å². The van der Waals surface area contributed by atoms with Gasteiger partial charge >= 0.3 is 0 Å². The molecule has 0 aromatic carbocycles. The number of methoxy groups -OCH3 is 1. The number of hydrogen-bond acceptors (Lipinski definition) is 6. The van der Waals surface area contributed by atoms with Gasteiger partial charge in [0.15, 0.2) is 5.76 Å². The summed E-state index contributed by atoms with van der Waals surface area (Å²) in [6, 6.07) is 1.17. The summed E-state index contributed by atoms with van der Waals surface area (Å²) in [6.45, 7) is 4.22. The van der Waals surface area contributed by atoms with Gasteiger partial charge in [-0.1, -0.05) is 6.42 Å². The predicted octanol–water partition coefficient (Wildman–Crippen LogP) is 0.815. The fraction of sp³-hybridized carbons (Fsp3) is 0.667. The highest BCUT2D eigenvalue weighted by atomic mass is 16.5. The van der Waals surface area contributed by atoms with Crippen molar-refractivity contribution in [3.8, 4) is 5.75 Å². The Kier molecular flexibility index (Phi) is 5.75. The summed E-state index contributed by atoms with van der Waals surface area (Å²) in [4.78, 5) is 28.6. The van der Waals surface area contributed by atoms with Crippen LogP contribution >= 0.6 is 0 Å². The molecule has 25 heavy (non-hydrogen) atoms. The molecule has 138 valence electrons. The zero-order valence-corrected chi connectivity index (χ0v) is 14.6. The van der Waals surface area contributed by atoms with Crippen LogP contribution in [0.25, 0.3) is 0 Å². The molecule has 2 atom stereocenters. The van der Waals surface area contributed by atoms with Crippen LogP contribution in [-0.2, 0) is 0 Å². The molecule has 1 aromatic heterocycles. The quantitative estimate of drug-likeness (QED) is 0.846. The van der Waals surface area contributed by atoms with E-state index < -0.39 is 0 Å². The molecule has 1 aromatic rings. The fourth-order valence-electron chi connectivity index (χ4n) is 3.81. The van der Waals surface area contributed by atoms with Crippen molar-refractivity contribution in [2.24, 2.45) is 11.8 Å². The van der Waals surface area contributed by atoms with Gasteiger partial charge in [0, 0.05) is 38.2 Å². The molecule has 0 unspecified atom stereocenters. The van der Waals surface area contributed by atoms with Gasteiger partial charge in [0.2, 0.25) is 11.2 Å². The maximum Gasteiger partial charge on any atom is 0.289 e. The Balaban J connectivity index is 1.67. The molecular weight excluding hydrogens is 324 g/mol. The lowest BCUT2D eigenvalue weighted by Gasteiger charge is -2.30. The molecule has 0 radical (unpaired) electrons. The van der Waals surface area contributed by atoms with Crippen molar-refractivity contribution in [3.05, 3.63) is 28.3 Å². The van der Waals surface area contributed by atoms with Crippen LogP contribution in [0.15, 0.2) is 21.5 Å². The average Bonchev–Trinajstić information content (AvgIpc) is 3.04. The molecule has 3 heterocycles. The first-order valence-corrected chi connectivity index (χ1v) is 8.91. The largest absolute Gasteiger partial charge is 0.490 e. The van der Waals surface area contributed by atoms with Crippen LogP contribution in [0.2, 0.25) is 0 Å². The summed E-state index contributed by atoms with van der Waals surface area (Å²) >= 11 is 0. The van der Waals surface area contributed by atoms with Crippen LogP contribution in [0.3, 0.4) is 0 Å². The van der Waals surface area contributed by atoms with Gasteiger partial charge in [-0.3, -0.25) is 9.59 Å². The summed E-state index contributed by atoms with van der Waals surface area (Å²) in [7, 11) is 1.38. The van der Waals surface area contributed by atoms with Crippen molar-refractivity contribution in [1.82, 2.24) is 9.80 Å². The number of nitrogens with zero attached hydrogens (tertiary/aromatic N) is 2. The van der Waals surface area contributed by atoms with Crippen molar-refractivity contribution in [2.45, 2.75) is 19.3 Å². The van der Waals surface area contributed by atoms with E-state index >= 15 is 0 Å². The van der Waals surface area contributed by atoms with Crippen molar-refractivity contribution < 1.29 is 19.1 Å². The van der Waals surface area contributed by atoms with Gasteiger partial charge in [-0.15, -0.1) is 0 Å². The molecule has 1 N–H and O–H groups in total. The van der Waals surface area contributed by atoms with Crippen molar-refractivity contribution in [3.63, 3.8) is 0 Å². The minimum atomic E-state index is -0.375. The molecule has 2 aliphatic rings. The third kappa shape index (κ3) is 4.04. The molecule has 0 bridgehead atoms. The number of piperidine rings is 1. The number of aliphatic hydroxyl groups excluding tert-OH is 1. The van der Waals surface area contributed by atoms with E-state index in [-0.39, 0.29) is 41.3 Å². The van der Waals surface area contributed by atoms with Crippen LogP contribution in [0.1, 0.15) is 29.8 Å². The van der Waals surface area contributed by atoms with E-state index in [1.165, 1.54) is 38.7 Å². The summed E-state index contributed by atoms with van der Waals surface area (Å²) in [5.41, 5.74) is -0.375. The van der Waals surface area contributed by atoms with Crippen LogP contribution in [-0.4, -0.2) is 67.3 Å². The lowest BCUT2D eigenvalue weighted by molar-refractivity contribution is 0.0743. The van der Waals surface area contributed by atoms with Gasteiger partial charge in [-0.2, -0.15) is 0 Å². The van der Waals surface area contributed by atoms with Gasteiger partial charge in [0.05, 0.1) is 7.11 Å². The molecule has 0 saturated carbocycles. The monoisotopic (exact) mass is 350 g/mol. The predicted molar refractivity (Wildman–Crippen MR) is 91.8 cm³/mol. The minimum Gasteiger partial charge on any atom is -0.490 e. The number of hydrogen-bond donors (Lipinski definition) is 1. The minimum absolute atomic E-state index is 0.0149. The summed E-state index contributed by atoms with van der Waals surface area (Å²) in [6.07, 6.45) is 4.89. The maximum atomic E-state index is 12.7. The topological polar surface area (TPSA) is 83.2 Å². The number of likely N-dealkylation sites (tertiary alicyclic amines) is 2. The Hall–Kier alpha value is -1.86. The number of carbonyl (C=O) groups is 1. The third-order valence-corrected chi connectivity index (χ3v) is 5.27. The van der Waals surface area contributed by atoms with E-state index in [2.05, 4.69) is 4.90 Å². The molecule has 1 amide bonds. The van der Waals surface area contributed by atoms with Crippen molar-refractivity contribution in [2.75, 3.05) is 46.4 Å². The molecule has 2 aliphatic heterocycles. The Bertz CT molecular complexity index is 653. The highest BCUT2D eigenvalue weighted by Gasteiger charge is 2.37. The van der Waals surface area contributed by atoms with E-state index in [4.69, 9.17) is 9.15 Å². The number of aliphatic hydroxyl groups is 1. The van der Waals surface area contributed by atoms with E-state index in [9.17, 15) is 14.7 Å². The molecule has 7 heteroatoms. The van der Waals surface area contributed by atoms with Gasteiger partial charge < -0.3 is 24.1 Å². The van der Waals surface area contributed by atoms with E-state index in [0.29, 0.717) is 13.1 Å². The Morgan fingerprint density at radius 1 is 1.28 bits per heavy atom. The second-order valence-electron chi connectivity index (χ2n) is 6.95. The molecule has 0 aliphatic carbocycles.